The van der Waals surface area contributed by atoms with E-state index < -0.39 is 0 Å². The van der Waals surface area contributed by atoms with Crippen molar-refractivity contribution in [2.24, 2.45) is 10.7 Å². The number of pyridine rings is 1. The fourth-order valence-electron chi connectivity index (χ4n) is 2.10. The molecule has 0 aromatic carbocycles. The van der Waals surface area contributed by atoms with Crippen molar-refractivity contribution in [2.45, 2.75) is 39.2 Å². The van der Waals surface area contributed by atoms with Gasteiger partial charge >= 0.3 is 0 Å². The van der Waals surface area contributed by atoms with Gasteiger partial charge in [0.25, 0.3) is 0 Å². The number of nitrogens with zero attached hydrogens (tertiary/aromatic N) is 4. The second-order valence-corrected chi connectivity index (χ2v) is 5.18. The zero-order valence-corrected chi connectivity index (χ0v) is 15.8. The van der Waals surface area contributed by atoms with Crippen LogP contribution in [0.15, 0.2) is 42.0 Å². The van der Waals surface area contributed by atoms with Gasteiger partial charge < -0.3 is 11.1 Å². The molecule has 0 saturated heterocycles. The standard InChI is InChI=1S/C16H24N6.HI/c1-2-3-4-5-7-20-16(17)21-12-14-6-8-19-15(11-14)22-10-9-18-13-22;/h6,8-11,13H,2-5,7,12H2,1H3,(H3,17,20,21);1H. The smallest absolute Gasteiger partial charge is 0.188 e. The molecule has 0 saturated carbocycles. The lowest BCUT2D eigenvalue weighted by molar-refractivity contribution is 0.652. The molecule has 2 aromatic rings. The summed E-state index contributed by atoms with van der Waals surface area (Å²) in [7, 11) is 0. The first-order valence-corrected chi connectivity index (χ1v) is 7.76. The van der Waals surface area contributed by atoms with Crippen molar-refractivity contribution in [1.82, 2.24) is 19.9 Å². The van der Waals surface area contributed by atoms with Gasteiger partial charge in [0.1, 0.15) is 12.1 Å². The molecule has 0 amide bonds. The molecule has 0 aliphatic carbocycles. The van der Waals surface area contributed by atoms with E-state index >= 15 is 0 Å². The zero-order valence-electron chi connectivity index (χ0n) is 13.5. The number of halogens is 1. The van der Waals surface area contributed by atoms with Gasteiger partial charge in [-0.15, -0.1) is 24.0 Å². The summed E-state index contributed by atoms with van der Waals surface area (Å²) in [5.74, 6) is 1.33. The van der Waals surface area contributed by atoms with Crippen LogP contribution in [0.5, 0.6) is 0 Å². The van der Waals surface area contributed by atoms with E-state index in [9.17, 15) is 0 Å². The van der Waals surface area contributed by atoms with E-state index in [2.05, 4.69) is 27.2 Å². The van der Waals surface area contributed by atoms with Gasteiger partial charge in [0.05, 0.1) is 6.54 Å². The Labute approximate surface area is 154 Å². The fourth-order valence-corrected chi connectivity index (χ4v) is 2.10. The van der Waals surface area contributed by atoms with Crippen LogP contribution < -0.4 is 11.1 Å². The Balaban J connectivity index is 0.00000264. The molecule has 3 N–H and O–H groups in total. The summed E-state index contributed by atoms with van der Waals surface area (Å²) in [6.07, 6.45) is 12.0. The minimum absolute atomic E-state index is 0. The van der Waals surface area contributed by atoms with Crippen LogP contribution in [0, 0.1) is 0 Å². The number of hydrogen-bond acceptors (Lipinski definition) is 3. The van der Waals surface area contributed by atoms with Crippen LogP contribution in [-0.2, 0) is 6.54 Å². The number of nitrogens with one attached hydrogen (secondary N) is 1. The van der Waals surface area contributed by atoms with Crippen LogP contribution >= 0.6 is 24.0 Å². The van der Waals surface area contributed by atoms with Crippen LogP contribution in [0.3, 0.4) is 0 Å². The quantitative estimate of drug-likeness (QED) is 0.293. The second kappa shape index (κ2) is 11.0. The molecule has 0 aliphatic rings. The Bertz CT molecular complexity index is 582. The van der Waals surface area contributed by atoms with Crippen molar-refractivity contribution in [3.63, 3.8) is 0 Å². The lowest BCUT2D eigenvalue weighted by atomic mass is 10.2. The summed E-state index contributed by atoms with van der Waals surface area (Å²) in [6, 6.07) is 3.93. The molecular formula is C16H25IN6. The first kappa shape index (κ1) is 19.4. The van der Waals surface area contributed by atoms with E-state index in [1.54, 1.807) is 18.7 Å². The zero-order chi connectivity index (χ0) is 15.6. The Hall–Kier alpha value is -1.64. The molecule has 2 heterocycles. The van der Waals surface area contributed by atoms with Crippen LogP contribution in [-0.4, -0.2) is 27.0 Å². The highest BCUT2D eigenvalue weighted by Gasteiger charge is 1.99. The minimum atomic E-state index is 0. The highest BCUT2D eigenvalue weighted by molar-refractivity contribution is 14.0. The number of rotatable bonds is 8. The van der Waals surface area contributed by atoms with Gasteiger partial charge in [-0.1, -0.05) is 26.2 Å². The molecule has 23 heavy (non-hydrogen) atoms. The maximum Gasteiger partial charge on any atom is 0.188 e. The normalized spacial score (nSPS) is 11.1. The molecule has 126 valence electrons. The maximum atomic E-state index is 5.88. The third kappa shape index (κ3) is 6.98. The number of unbranched alkanes of at least 4 members (excludes halogenated alkanes) is 3. The van der Waals surface area contributed by atoms with Gasteiger partial charge in [0.15, 0.2) is 5.96 Å². The van der Waals surface area contributed by atoms with E-state index in [1.807, 2.05) is 22.9 Å². The minimum Gasteiger partial charge on any atom is -0.370 e. The Morgan fingerprint density at radius 1 is 1.30 bits per heavy atom. The predicted molar refractivity (Wildman–Crippen MR) is 104 cm³/mol. The highest BCUT2D eigenvalue weighted by Crippen LogP contribution is 2.07. The lowest BCUT2D eigenvalue weighted by Crippen LogP contribution is -2.32. The summed E-state index contributed by atoms with van der Waals surface area (Å²) in [6.45, 7) is 3.62. The Morgan fingerprint density at radius 3 is 2.91 bits per heavy atom. The van der Waals surface area contributed by atoms with Gasteiger partial charge in [-0.25, -0.2) is 15.0 Å². The Kier molecular flexibility index (Phi) is 9.27. The molecule has 0 unspecified atom stereocenters. The molecule has 0 spiro atoms. The first-order valence-electron chi connectivity index (χ1n) is 7.76. The molecule has 2 rings (SSSR count). The van der Waals surface area contributed by atoms with Crippen LogP contribution in [0.25, 0.3) is 5.82 Å². The van der Waals surface area contributed by atoms with Gasteiger partial charge in [-0.05, 0) is 24.1 Å². The molecule has 0 bridgehead atoms. The highest BCUT2D eigenvalue weighted by atomic mass is 127. The van der Waals surface area contributed by atoms with E-state index in [0.29, 0.717) is 12.5 Å². The fraction of sp³-hybridized carbons (Fsp3) is 0.438. The van der Waals surface area contributed by atoms with Crippen molar-refractivity contribution in [2.75, 3.05) is 6.54 Å². The van der Waals surface area contributed by atoms with Crippen molar-refractivity contribution >= 4 is 29.9 Å². The first-order chi connectivity index (χ1) is 10.8. The molecule has 2 aromatic heterocycles. The lowest BCUT2D eigenvalue weighted by Gasteiger charge is -2.06. The summed E-state index contributed by atoms with van der Waals surface area (Å²) < 4.78 is 1.86. The van der Waals surface area contributed by atoms with Gasteiger partial charge in [-0.2, -0.15) is 0 Å². The summed E-state index contributed by atoms with van der Waals surface area (Å²) in [5.41, 5.74) is 6.94. The topological polar surface area (TPSA) is 81.1 Å². The number of aliphatic imine (C=N–C) groups is 1. The number of hydrogen-bond donors (Lipinski definition) is 2. The number of aromatic nitrogens is 3. The van der Waals surface area contributed by atoms with Crippen molar-refractivity contribution in [1.29, 1.82) is 0 Å². The summed E-state index contributed by atoms with van der Waals surface area (Å²) in [5, 5.41) is 3.15. The molecular weight excluding hydrogens is 403 g/mol. The van der Waals surface area contributed by atoms with Crippen molar-refractivity contribution < 1.29 is 0 Å². The second-order valence-electron chi connectivity index (χ2n) is 5.18. The van der Waals surface area contributed by atoms with E-state index in [1.165, 1.54) is 19.3 Å². The van der Waals surface area contributed by atoms with E-state index in [4.69, 9.17) is 5.73 Å². The number of imidazole rings is 1. The van der Waals surface area contributed by atoms with E-state index in [0.717, 1.165) is 24.3 Å². The molecule has 7 heteroatoms. The van der Waals surface area contributed by atoms with Crippen molar-refractivity contribution in [3.8, 4) is 5.82 Å². The number of nitrogens with two attached hydrogens (primary N) is 1. The van der Waals surface area contributed by atoms with Gasteiger partial charge in [0.2, 0.25) is 0 Å². The van der Waals surface area contributed by atoms with E-state index in [-0.39, 0.29) is 24.0 Å². The van der Waals surface area contributed by atoms with Gasteiger partial charge in [0, 0.05) is 25.1 Å². The average Bonchev–Trinajstić information content (AvgIpc) is 3.07. The van der Waals surface area contributed by atoms with Gasteiger partial charge in [-0.3, -0.25) is 4.57 Å². The summed E-state index contributed by atoms with van der Waals surface area (Å²) >= 11 is 0. The third-order valence-corrected chi connectivity index (χ3v) is 3.35. The SMILES string of the molecule is CCCCCCNC(N)=NCc1ccnc(-n2ccnc2)c1.I. The largest absolute Gasteiger partial charge is 0.370 e. The number of guanidine groups is 1. The van der Waals surface area contributed by atoms with Crippen LogP contribution in [0.1, 0.15) is 38.2 Å². The Morgan fingerprint density at radius 2 is 2.17 bits per heavy atom. The maximum absolute atomic E-state index is 5.88. The van der Waals surface area contributed by atoms with Crippen LogP contribution in [0.4, 0.5) is 0 Å². The molecule has 0 radical (unpaired) electrons. The average molecular weight is 428 g/mol. The molecule has 6 nitrogen and oxygen atoms in total. The monoisotopic (exact) mass is 428 g/mol. The molecule has 0 fully saturated rings. The molecule has 0 aliphatic heterocycles. The molecule has 0 atom stereocenters. The van der Waals surface area contributed by atoms with Crippen molar-refractivity contribution in [3.05, 3.63) is 42.6 Å². The third-order valence-electron chi connectivity index (χ3n) is 3.35. The van der Waals surface area contributed by atoms with Crippen LogP contribution in [0.2, 0.25) is 0 Å². The predicted octanol–water partition coefficient (Wildman–Crippen LogP) is 2.87. The summed E-state index contributed by atoms with van der Waals surface area (Å²) in [4.78, 5) is 12.7.